The average molecular weight is 488 g/mol. The fraction of sp³-hybridized carbons (Fsp3) is 0.652. The van der Waals surface area contributed by atoms with Crippen LogP contribution in [0.1, 0.15) is 67.9 Å². The lowest BCUT2D eigenvalue weighted by Gasteiger charge is -2.26. The number of carbonyl (C=O) groups is 2. The van der Waals surface area contributed by atoms with Crippen LogP contribution in [0.15, 0.2) is 24.3 Å². The number of nitrogens with one attached hydrogen (secondary N) is 1. The highest BCUT2D eigenvalue weighted by atomic mass is 32.3. The molecule has 1 aromatic carbocycles. The molecule has 1 atom stereocenters. The minimum Gasteiger partial charge on any atom is -0.458 e. The van der Waals surface area contributed by atoms with E-state index in [1.807, 2.05) is 20.8 Å². The van der Waals surface area contributed by atoms with Crippen molar-refractivity contribution in [1.29, 1.82) is 0 Å². The molecule has 0 aliphatic carbocycles. The summed E-state index contributed by atoms with van der Waals surface area (Å²) in [6.07, 6.45) is -0.651. The molecule has 0 saturated carbocycles. The summed E-state index contributed by atoms with van der Waals surface area (Å²) in [5.74, 6) is -0.562. The Hall–Kier alpha value is -2.33. The Morgan fingerprint density at radius 3 is 1.85 bits per heavy atom. The van der Waals surface area contributed by atoms with Crippen LogP contribution in [-0.4, -0.2) is 44.3 Å². The zero-order valence-corrected chi connectivity index (χ0v) is 21.8. The molecule has 0 spiro atoms. The zero-order valence-electron chi connectivity index (χ0n) is 21.0. The van der Waals surface area contributed by atoms with Crippen molar-refractivity contribution in [3.8, 4) is 5.75 Å². The van der Waals surface area contributed by atoms with Crippen LogP contribution in [0.3, 0.4) is 0 Å². The highest BCUT2D eigenvalue weighted by Gasteiger charge is 2.29. The standard InChI is InChI=1S/C23H37NO8S/c1-21(2,3)15-29-33(27,28)32-17-12-10-16(11-13-17)14-18(19(25)30-22(4,5)6)24-20(26)31-23(7,8)9/h10-13,18H,14-15H2,1-9H3,(H,24,26)/t18-/m1/s1. The summed E-state index contributed by atoms with van der Waals surface area (Å²) in [5.41, 5.74) is -1.19. The van der Waals surface area contributed by atoms with E-state index in [-0.39, 0.29) is 24.2 Å². The molecule has 0 aliphatic heterocycles. The van der Waals surface area contributed by atoms with Crippen molar-refractivity contribution in [2.45, 2.75) is 86.0 Å². The van der Waals surface area contributed by atoms with E-state index in [2.05, 4.69) is 5.32 Å². The van der Waals surface area contributed by atoms with E-state index in [1.165, 1.54) is 12.1 Å². The Bertz CT molecular complexity index is 904. The van der Waals surface area contributed by atoms with Gasteiger partial charge in [-0.15, -0.1) is 0 Å². The van der Waals surface area contributed by atoms with Crippen molar-refractivity contribution in [3.05, 3.63) is 29.8 Å². The minimum atomic E-state index is -4.22. The summed E-state index contributed by atoms with van der Waals surface area (Å²) >= 11 is 0. The SMILES string of the molecule is CC(C)(C)COS(=O)(=O)Oc1ccc(C[C@@H](NC(=O)OC(C)(C)C)C(=O)OC(C)(C)C)cc1. The van der Waals surface area contributed by atoms with Gasteiger partial charge in [0.1, 0.15) is 23.0 Å². The Morgan fingerprint density at radius 2 is 1.39 bits per heavy atom. The van der Waals surface area contributed by atoms with Crippen LogP contribution in [-0.2, 0) is 35.3 Å². The third kappa shape index (κ3) is 13.1. The topological polar surface area (TPSA) is 117 Å². The second-order valence-corrected chi connectivity index (χ2v) is 12.1. The molecule has 188 valence electrons. The second-order valence-electron chi connectivity index (χ2n) is 10.9. The van der Waals surface area contributed by atoms with Crippen molar-refractivity contribution in [2.75, 3.05) is 6.61 Å². The van der Waals surface area contributed by atoms with Crippen LogP contribution in [0, 0.1) is 5.41 Å². The molecule has 1 N–H and O–H groups in total. The summed E-state index contributed by atoms with van der Waals surface area (Å²) in [6.45, 7) is 15.8. The summed E-state index contributed by atoms with van der Waals surface area (Å²) in [6, 6.07) is 5.04. The predicted octanol–water partition coefficient (Wildman–Crippen LogP) is 4.15. The monoisotopic (exact) mass is 487 g/mol. The molecule has 10 heteroatoms. The molecule has 0 aliphatic rings. The summed E-state index contributed by atoms with van der Waals surface area (Å²) < 4.78 is 44.5. The lowest BCUT2D eigenvalue weighted by atomic mass is 9.99. The quantitative estimate of drug-likeness (QED) is 0.544. The molecule has 0 fully saturated rings. The average Bonchev–Trinajstić information content (AvgIpc) is 2.57. The lowest BCUT2D eigenvalue weighted by molar-refractivity contribution is -0.157. The number of alkyl carbamates (subject to hydrolysis) is 1. The molecule has 0 aromatic heterocycles. The van der Waals surface area contributed by atoms with Gasteiger partial charge in [0.05, 0.1) is 6.61 Å². The van der Waals surface area contributed by atoms with Gasteiger partial charge >= 0.3 is 22.5 Å². The Labute approximate surface area is 197 Å². The van der Waals surface area contributed by atoms with Crippen LogP contribution in [0.5, 0.6) is 5.75 Å². The number of rotatable bonds is 8. The molecule has 1 rings (SSSR count). The molecular formula is C23H37NO8S. The van der Waals surface area contributed by atoms with E-state index >= 15 is 0 Å². The predicted molar refractivity (Wildman–Crippen MR) is 124 cm³/mol. The highest BCUT2D eigenvalue weighted by molar-refractivity contribution is 7.82. The Morgan fingerprint density at radius 1 is 0.879 bits per heavy atom. The lowest BCUT2D eigenvalue weighted by Crippen LogP contribution is -2.47. The zero-order chi connectivity index (χ0) is 25.7. The van der Waals surface area contributed by atoms with E-state index in [0.717, 1.165) is 0 Å². The van der Waals surface area contributed by atoms with Gasteiger partial charge in [-0.3, -0.25) is 0 Å². The number of hydrogen-bond donors (Lipinski definition) is 1. The molecule has 1 aromatic rings. The van der Waals surface area contributed by atoms with Crippen molar-refractivity contribution < 1.29 is 35.8 Å². The maximum absolute atomic E-state index is 12.7. The summed E-state index contributed by atoms with van der Waals surface area (Å²) in [4.78, 5) is 24.9. The maximum atomic E-state index is 12.7. The van der Waals surface area contributed by atoms with Gasteiger partial charge in [-0.1, -0.05) is 32.9 Å². The molecule has 0 unspecified atom stereocenters. The fourth-order valence-electron chi connectivity index (χ4n) is 2.32. The smallest absolute Gasteiger partial charge is 0.449 e. The van der Waals surface area contributed by atoms with Gasteiger partial charge in [0.2, 0.25) is 0 Å². The van der Waals surface area contributed by atoms with Crippen molar-refractivity contribution in [2.24, 2.45) is 5.41 Å². The minimum absolute atomic E-state index is 0.0265. The molecule has 9 nitrogen and oxygen atoms in total. The van der Waals surface area contributed by atoms with Crippen LogP contribution in [0.25, 0.3) is 0 Å². The molecule has 0 bridgehead atoms. The number of ether oxygens (including phenoxy) is 2. The van der Waals surface area contributed by atoms with Crippen LogP contribution < -0.4 is 9.50 Å². The third-order valence-corrected chi connectivity index (χ3v) is 4.38. The molecule has 1 amide bonds. The first-order valence-corrected chi connectivity index (χ1v) is 12.0. The second kappa shape index (κ2) is 10.7. The third-order valence-electron chi connectivity index (χ3n) is 3.58. The van der Waals surface area contributed by atoms with E-state index < -0.39 is 39.7 Å². The van der Waals surface area contributed by atoms with Crippen molar-refractivity contribution >= 4 is 22.5 Å². The number of carbonyl (C=O) groups excluding carboxylic acids is 2. The van der Waals surface area contributed by atoms with Gasteiger partial charge in [0, 0.05) is 6.42 Å². The molecule has 0 heterocycles. The number of hydrogen-bond acceptors (Lipinski definition) is 8. The number of esters is 1. The van der Waals surface area contributed by atoms with Gasteiger partial charge in [-0.25, -0.2) is 13.8 Å². The first kappa shape index (κ1) is 28.7. The van der Waals surface area contributed by atoms with E-state index in [0.29, 0.717) is 5.56 Å². The number of benzene rings is 1. The van der Waals surface area contributed by atoms with Gasteiger partial charge in [0.15, 0.2) is 0 Å². The fourth-order valence-corrected chi connectivity index (χ4v) is 3.22. The molecule has 0 saturated heterocycles. The van der Waals surface area contributed by atoms with Gasteiger partial charge in [-0.2, -0.15) is 8.42 Å². The largest absolute Gasteiger partial charge is 0.458 e. The molecule has 33 heavy (non-hydrogen) atoms. The first-order valence-electron chi connectivity index (χ1n) is 10.6. The maximum Gasteiger partial charge on any atom is 0.449 e. The van der Waals surface area contributed by atoms with E-state index in [9.17, 15) is 18.0 Å². The normalized spacial score (nSPS) is 13.7. The van der Waals surface area contributed by atoms with Crippen LogP contribution in [0.2, 0.25) is 0 Å². The van der Waals surface area contributed by atoms with Gasteiger partial charge in [-0.05, 0) is 64.7 Å². The summed E-state index contributed by atoms with van der Waals surface area (Å²) in [5, 5.41) is 2.55. The summed E-state index contributed by atoms with van der Waals surface area (Å²) in [7, 11) is -4.22. The Balaban J connectivity index is 2.92. The van der Waals surface area contributed by atoms with E-state index in [4.69, 9.17) is 17.8 Å². The first-order chi connectivity index (χ1) is 14.7. The van der Waals surface area contributed by atoms with Crippen molar-refractivity contribution in [1.82, 2.24) is 5.32 Å². The van der Waals surface area contributed by atoms with E-state index in [1.54, 1.807) is 53.7 Å². The molecular weight excluding hydrogens is 450 g/mol. The highest BCUT2D eigenvalue weighted by Crippen LogP contribution is 2.20. The number of amides is 1. The van der Waals surface area contributed by atoms with Crippen molar-refractivity contribution in [3.63, 3.8) is 0 Å². The van der Waals surface area contributed by atoms with Gasteiger partial charge < -0.3 is 19.0 Å². The molecule has 0 radical (unpaired) electrons. The van der Waals surface area contributed by atoms with Gasteiger partial charge in [0.25, 0.3) is 0 Å². The Kier molecular flexibility index (Phi) is 9.33. The van der Waals surface area contributed by atoms with Crippen LogP contribution in [0.4, 0.5) is 4.79 Å². The van der Waals surface area contributed by atoms with Crippen LogP contribution >= 0.6 is 0 Å².